The molecule has 6 nitrogen and oxygen atoms in total. The van der Waals surface area contributed by atoms with Crippen LogP contribution in [0.15, 0.2) is 42.5 Å². The van der Waals surface area contributed by atoms with E-state index >= 15 is 0 Å². The van der Waals surface area contributed by atoms with Gasteiger partial charge in [0.2, 0.25) is 18.4 Å². The monoisotopic (exact) mass is 327 g/mol. The van der Waals surface area contributed by atoms with Crippen molar-refractivity contribution in [1.29, 1.82) is 0 Å². The van der Waals surface area contributed by atoms with Crippen LogP contribution in [-0.4, -0.2) is 26.9 Å². The summed E-state index contributed by atoms with van der Waals surface area (Å²) in [6.45, 7) is 0.138. The first-order chi connectivity index (χ1) is 11.7. The van der Waals surface area contributed by atoms with Crippen LogP contribution in [0, 0.1) is 0 Å². The van der Waals surface area contributed by atoms with Gasteiger partial charge >= 0.3 is 0 Å². The van der Waals surface area contributed by atoms with Crippen LogP contribution in [0.25, 0.3) is 6.08 Å². The molecular formula is C18H17NO5. The van der Waals surface area contributed by atoms with Crippen LogP contribution in [-0.2, 0) is 4.79 Å². The van der Waals surface area contributed by atoms with E-state index in [1.807, 2.05) is 24.3 Å². The van der Waals surface area contributed by atoms with E-state index in [4.69, 9.17) is 18.9 Å². The summed E-state index contributed by atoms with van der Waals surface area (Å²) < 4.78 is 21.1. The van der Waals surface area contributed by atoms with Crippen molar-refractivity contribution in [2.24, 2.45) is 0 Å². The molecule has 1 amide bonds. The van der Waals surface area contributed by atoms with Crippen molar-refractivity contribution in [3.8, 4) is 23.0 Å². The zero-order valence-corrected chi connectivity index (χ0v) is 13.4. The number of anilines is 1. The van der Waals surface area contributed by atoms with Crippen LogP contribution < -0.4 is 24.3 Å². The molecule has 2 aromatic rings. The van der Waals surface area contributed by atoms with Gasteiger partial charge in [-0.25, -0.2) is 0 Å². The molecule has 24 heavy (non-hydrogen) atoms. The molecule has 1 aliphatic heterocycles. The molecule has 0 atom stereocenters. The minimum absolute atomic E-state index is 0.138. The van der Waals surface area contributed by atoms with Crippen LogP contribution in [0.3, 0.4) is 0 Å². The lowest BCUT2D eigenvalue weighted by Crippen LogP contribution is -2.07. The van der Waals surface area contributed by atoms with E-state index in [9.17, 15) is 4.79 Å². The molecule has 2 aromatic carbocycles. The summed E-state index contributed by atoms with van der Waals surface area (Å²) in [7, 11) is 3.13. The van der Waals surface area contributed by atoms with Crippen LogP contribution in [0.5, 0.6) is 23.0 Å². The number of carbonyl (C=O) groups excluding carboxylic acids is 1. The largest absolute Gasteiger partial charge is 0.497 e. The molecule has 1 N–H and O–H groups in total. The number of rotatable bonds is 5. The molecule has 0 fully saturated rings. The van der Waals surface area contributed by atoms with Crippen molar-refractivity contribution in [1.82, 2.24) is 0 Å². The van der Waals surface area contributed by atoms with Gasteiger partial charge in [-0.1, -0.05) is 12.1 Å². The molecule has 0 bridgehead atoms. The maximum Gasteiger partial charge on any atom is 0.248 e. The maximum atomic E-state index is 12.1. The standard InChI is InChI=1S/C18H17NO5/c1-21-14-5-3-4-12(8-14)6-7-17(20)19-13-9-15(22-2)18-16(10-13)23-11-24-18/h3-10H,11H2,1-2H3,(H,19,20)/b7-6+. The van der Waals surface area contributed by atoms with Gasteiger partial charge in [0.15, 0.2) is 11.5 Å². The Hall–Kier alpha value is -3.15. The summed E-state index contributed by atoms with van der Waals surface area (Å²) in [6, 6.07) is 10.8. The number of hydrogen-bond donors (Lipinski definition) is 1. The second-order valence-electron chi connectivity index (χ2n) is 5.01. The first kappa shape index (κ1) is 15.7. The minimum Gasteiger partial charge on any atom is -0.497 e. The number of fused-ring (bicyclic) bond motifs is 1. The molecular weight excluding hydrogens is 310 g/mol. The second kappa shape index (κ2) is 6.95. The third-order valence-electron chi connectivity index (χ3n) is 3.45. The van der Waals surface area contributed by atoms with Gasteiger partial charge in [-0.2, -0.15) is 0 Å². The summed E-state index contributed by atoms with van der Waals surface area (Å²) in [4.78, 5) is 12.1. The zero-order valence-electron chi connectivity index (χ0n) is 13.4. The van der Waals surface area contributed by atoms with Gasteiger partial charge in [0.25, 0.3) is 0 Å². The fourth-order valence-electron chi connectivity index (χ4n) is 2.30. The quantitative estimate of drug-likeness (QED) is 0.855. The maximum absolute atomic E-state index is 12.1. The van der Waals surface area contributed by atoms with Crippen molar-refractivity contribution < 1.29 is 23.7 Å². The Kier molecular flexibility index (Phi) is 4.56. The Labute approximate surface area is 139 Å². The van der Waals surface area contributed by atoms with Crippen LogP contribution >= 0.6 is 0 Å². The van der Waals surface area contributed by atoms with Gasteiger partial charge in [0.1, 0.15) is 5.75 Å². The Morgan fingerprint density at radius 3 is 2.83 bits per heavy atom. The Morgan fingerprint density at radius 1 is 1.17 bits per heavy atom. The van der Waals surface area contributed by atoms with Crippen LogP contribution in [0.1, 0.15) is 5.56 Å². The number of ether oxygens (including phenoxy) is 4. The highest BCUT2D eigenvalue weighted by molar-refractivity contribution is 6.02. The van der Waals surface area contributed by atoms with E-state index in [1.165, 1.54) is 13.2 Å². The molecule has 1 aliphatic rings. The fraction of sp³-hybridized carbons (Fsp3) is 0.167. The van der Waals surface area contributed by atoms with Crippen LogP contribution in [0.4, 0.5) is 5.69 Å². The van der Waals surface area contributed by atoms with Crippen molar-refractivity contribution in [2.45, 2.75) is 0 Å². The van der Waals surface area contributed by atoms with Gasteiger partial charge in [0.05, 0.1) is 14.2 Å². The fourth-order valence-corrected chi connectivity index (χ4v) is 2.30. The second-order valence-corrected chi connectivity index (χ2v) is 5.01. The number of hydrogen-bond acceptors (Lipinski definition) is 5. The third-order valence-corrected chi connectivity index (χ3v) is 3.45. The van der Waals surface area contributed by atoms with Crippen LogP contribution in [0.2, 0.25) is 0 Å². The van der Waals surface area contributed by atoms with E-state index in [0.29, 0.717) is 22.9 Å². The predicted molar refractivity (Wildman–Crippen MR) is 89.8 cm³/mol. The third kappa shape index (κ3) is 3.43. The normalized spacial score (nSPS) is 12.2. The lowest BCUT2D eigenvalue weighted by molar-refractivity contribution is -0.111. The first-order valence-electron chi connectivity index (χ1n) is 7.30. The van der Waals surface area contributed by atoms with Crippen molar-refractivity contribution in [3.05, 3.63) is 48.0 Å². The average molecular weight is 327 g/mol. The molecule has 124 valence electrons. The molecule has 6 heteroatoms. The minimum atomic E-state index is -0.265. The van der Waals surface area contributed by atoms with E-state index in [-0.39, 0.29) is 12.7 Å². The smallest absolute Gasteiger partial charge is 0.248 e. The topological polar surface area (TPSA) is 66.0 Å². The van der Waals surface area contributed by atoms with Gasteiger partial charge in [-0.05, 0) is 23.8 Å². The Balaban J connectivity index is 1.72. The highest BCUT2D eigenvalue weighted by Gasteiger charge is 2.20. The first-order valence-corrected chi connectivity index (χ1v) is 7.30. The Bertz CT molecular complexity index is 785. The molecule has 1 heterocycles. The van der Waals surface area contributed by atoms with Gasteiger partial charge in [0, 0.05) is 23.9 Å². The lowest BCUT2D eigenvalue weighted by Gasteiger charge is -2.08. The summed E-state index contributed by atoms with van der Waals surface area (Å²) in [5, 5.41) is 2.77. The van der Waals surface area contributed by atoms with Crippen molar-refractivity contribution >= 4 is 17.7 Å². The molecule has 0 aromatic heterocycles. The molecule has 0 aliphatic carbocycles. The Morgan fingerprint density at radius 2 is 2.04 bits per heavy atom. The van der Waals surface area contributed by atoms with Crippen molar-refractivity contribution in [3.63, 3.8) is 0 Å². The molecule has 0 spiro atoms. The van der Waals surface area contributed by atoms with Crippen molar-refractivity contribution in [2.75, 3.05) is 26.3 Å². The number of methoxy groups -OCH3 is 2. The predicted octanol–water partition coefficient (Wildman–Crippen LogP) is 3.08. The van der Waals surface area contributed by atoms with Gasteiger partial charge < -0.3 is 24.3 Å². The van der Waals surface area contributed by atoms with E-state index in [1.54, 1.807) is 25.3 Å². The molecule has 0 unspecified atom stereocenters. The number of nitrogens with one attached hydrogen (secondary N) is 1. The zero-order chi connectivity index (χ0) is 16.9. The number of amides is 1. The molecule has 0 radical (unpaired) electrons. The van der Waals surface area contributed by atoms with E-state index in [2.05, 4.69) is 5.32 Å². The highest BCUT2D eigenvalue weighted by atomic mass is 16.7. The summed E-state index contributed by atoms with van der Waals surface area (Å²) in [6.07, 6.45) is 3.16. The van der Waals surface area contributed by atoms with E-state index < -0.39 is 0 Å². The van der Waals surface area contributed by atoms with Gasteiger partial charge in [-0.15, -0.1) is 0 Å². The number of carbonyl (C=O) groups is 1. The SMILES string of the molecule is COc1cccc(/C=C/C(=O)Nc2cc(OC)c3c(c2)OCO3)c1. The molecule has 0 saturated carbocycles. The van der Waals surface area contributed by atoms with Gasteiger partial charge in [-0.3, -0.25) is 4.79 Å². The molecule has 3 rings (SSSR count). The molecule has 0 saturated heterocycles. The average Bonchev–Trinajstić information content (AvgIpc) is 3.08. The summed E-state index contributed by atoms with van der Waals surface area (Å²) in [5.41, 5.74) is 1.43. The summed E-state index contributed by atoms with van der Waals surface area (Å²) >= 11 is 0. The highest BCUT2D eigenvalue weighted by Crippen LogP contribution is 2.43. The van der Waals surface area contributed by atoms with E-state index in [0.717, 1.165) is 11.3 Å². The lowest BCUT2D eigenvalue weighted by atomic mass is 10.2. The summed E-state index contributed by atoms with van der Waals surface area (Å²) in [5.74, 6) is 2.07. The number of benzene rings is 2.